The van der Waals surface area contributed by atoms with Crippen LogP contribution in [0.3, 0.4) is 0 Å². The number of urea groups is 1. The van der Waals surface area contributed by atoms with Crippen molar-refractivity contribution in [3.63, 3.8) is 0 Å². The molecule has 2 N–H and O–H groups in total. The SMILES string of the molecule is CC(C(=O)Nc1cccc(N2CCCNC2=O)c1)c1cccs1. The van der Waals surface area contributed by atoms with E-state index in [4.69, 9.17) is 0 Å². The number of carbonyl (C=O) groups excluding carboxylic acids is 2. The van der Waals surface area contributed by atoms with E-state index in [0.717, 1.165) is 17.0 Å². The largest absolute Gasteiger partial charge is 0.338 e. The maximum atomic E-state index is 12.4. The molecule has 3 rings (SSSR count). The third-order valence-corrected chi connectivity index (χ3v) is 4.92. The molecule has 2 heterocycles. The number of benzene rings is 1. The number of carbonyl (C=O) groups is 2. The van der Waals surface area contributed by atoms with E-state index in [9.17, 15) is 9.59 Å². The second kappa shape index (κ2) is 6.83. The average molecular weight is 329 g/mol. The van der Waals surface area contributed by atoms with Crippen molar-refractivity contribution >= 4 is 34.6 Å². The molecule has 1 fully saturated rings. The van der Waals surface area contributed by atoms with Crippen molar-refractivity contribution in [2.24, 2.45) is 0 Å². The van der Waals surface area contributed by atoms with E-state index in [1.54, 1.807) is 16.2 Å². The standard InChI is InChI=1S/C17H19N3O2S/c1-12(15-7-3-10-23-15)16(21)19-13-5-2-6-14(11-13)20-9-4-8-18-17(20)22/h2-3,5-7,10-12H,4,8-9H2,1H3,(H,18,22)(H,19,21). The molecule has 0 bridgehead atoms. The fourth-order valence-electron chi connectivity index (χ4n) is 2.54. The zero-order chi connectivity index (χ0) is 16.2. The molecular formula is C17H19N3O2S. The molecule has 1 aliphatic heterocycles. The van der Waals surface area contributed by atoms with Crippen LogP contribution in [0.5, 0.6) is 0 Å². The van der Waals surface area contributed by atoms with Crippen LogP contribution in [0.25, 0.3) is 0 Å². The van der Waals surface area contributed by atoms with E-state index >= 15 is 0 Å². The summed E-state index contributed by atoms with van der Waals surface area (Å²) < 4.78 is 0. The van der Waals surface area contributed by atoms with Gasteiger partial charge in [0, 0.05) is 29.3 Å². The lowest BCUT2D eigenvalue weighted by Gasteiger charge is -2.27. The van der Waals surface area contributed by atoms with E-state index in [1.807, 2.05) is 48.7 Å². The van der Waals surface area contributed by atoms with Gasteiger partial charge in [0.2, 0.25) is 5.91 Å². The van der Waals surface area contributed by atoms with E-state index < -0.39 is 0 Å². The zero-order valence-corrected chi connectivity index (χ0v) is 13.7. The van der Waals surface area contributed by atoms with Crippen LogP contribution in [0.2, 0.25) is 0 Å². The topological polar surface area (TPSA) is 61.4 Å². The Kier molecular flexibility index (Phi) is 4.62. The minimum Gasteiger partial charge on any atom is -0.338 e. The Labute approximate surface area is 139 Å². The van der Waals surface area contributed by atoms with Gasteiger partial charge in [0.05, 0.1) is 5.92 Å². The van der Waals surface area contributed by atoms with Crippen molar-refractivity contribution < 1.29 is 9.59 Å². The number of nitrogens with one attached hydrogen (secondary N) is 2. The van der Waals surface area contributed by atoms with Crippen LogP contribution in [0.1, 0.15) is 24.1 Å². The molecule has 1 aromatic carbocycles. The molecule has 0 spiro atoms. The number of hydrogen-bond acceptors (Lipinski definition) is 3. The minimum atomic E-state index is -0.197. The highest BCUT2D eigenvalue weighted by molar-refractivity contribution is 7.10. The Balaban J connectivity index is 1.72. The fourth-order valence-corrected chi connectivity index (χ4v) is 3.33. The zero-order valence-electron chi connectivity index (χ0n) is 12.9. The Morgan fingerprint density at radius 1 is 1.35 bits per heavy atom. The Hall–Kier alpha value is -2.34. The molecule has 1 saturated heterocycles. The van der Waals surface area contributed by atoms with Gasteiger partial charge < -0.3 is 10.6 Å². The molecule has 0 radical (unpaired) electrons. The molecule has 0 aliphatic carbocycles. The fraction of sp³-hybridized carbons (Fsp3) is 0.294. The second-order valence-corrected chi connectivity index (χ2v) is 6.49. The monoisotopic (exact) mass is 329 g/mol. The van der Waals surface area contributed by atoms with Gasteiger partial charge in [0.15, 0.2) is 0 Å². The van der Waals surface area contributed by atoms with Crippen LogP contribution in [-0.2, 0) is 4.79 Å². The predicted octanol–water partition coefficient (Wildman–Crippen LogP) is 3.41. The predicted molar refractivity (Wildman–Crippen MR) is 93.2 cm³/mol. The van der Waals surface area contributed by atoms with Crippen LogP contribution in [-0.4, -0.2) is 25.0 Å². The summed E-state index contributed by atoms with van der Waals surface area (Å²) in [6, 6.07) is 11.2. The lowest BCUT2D eigenvalue weighted by atomic mass is 10.1. The number of amides is 3. The lowest BCUT2D eigenvalue weighted by molar-refractivity contribution is -0.117. The van der Waals surface area contributed by atoms with Gasteiger partial charge in [-0.15, -0.1) is 11.3 Å². The average Bonchev–Trinajstić information content (AvgIpc) is 3.09. The summed E-state index contributed by atoms with van der Waals surface area (Å²) in [5, 5.41) is 7.73. The van der Waals surface area contributed by atoms with Gasteiger partial charge in [-0.1, -0.05) is 12.1 Å². The van der Waals surface area contributed by atoms with Gasteiger partial charge in [0.25, 0.3) is 0 Å². The summed E-state index contributed by atoms with van der Waals surface area (Å²) in [4.78, 5) is 27.0. The first-order valence-electron chi connectivity index (χ1n) is 7.65. The van der Waals surface area contributed by atoms with Crippen molar-refractivity contribution in [3.8, 4) is 0 Å². The van der Waals surface area contributed by atoms with Crippen LogP contribution in [0.15, 0.2) is 41.8 Å². The summed E-state index contributed by atoms with van der Waals surface area (Å²) >= 11 is 1.57. The molecule has 1 aromatic heterocycles. The second-order valence-electron chi connectivity index (χ2n) is 5.51. The molecule has 1 aliphatic rings. The van der Waals surface area contributed by atoms with Crippen LogP contribution in [0.4, 0.5) is 16.2 Å². The minimum absolute atomic E-state index is 0.0484. The first kappa shape index (κ1) is 15.6. The molecule has 5 nitrogen and oxygen atoms in total. The third kappa shape index (κ3) is 3.53. The lowest BCUT2D eigenvalue weighted by Crippen LogP contribution is -2.46. The highest BCUT2D eigenvalue weighted by Crippen LogP contribution is 2.25. The molecule has 1 unspecified atom stereocenters. The number of anilines is 2. The van der Waals surface area contributed by atoms with Gasteiger partial charge in [-0.25, -0.2) is 4.79 Å². The van der Waals surface area contributed by atoms with Gasteiger partial charge in [-0.05, 0) is 43.0 Å². The maximum absolute atomic E-state index is 12.4. The third-order valence-electron chi connectivity index (χ3n) is 3.87. The van der Waals surface area contributed by atoms with Gasteiger partial charge >= 0.3 is 6.03 Å². The summed E-state index contributed by atoms with van der Waals surface area (Å²) in [5.41, 5.74) is 1.50. The molecule has 120 valence electrons. The number of thiophene rings is 1. The van der Waals surface area contributed by atoms with Crippen LogP contribution < -0.4 is 15.5 Å². The summed E-state index contributed by atoms with van der Waals surface area (Å²) in [6.45, 7) is 3.29. The molecule has 2 aromatic rings. The first-order valence-corrected chi connectivity index (χ1v) is 8.53. The molecule has 1 atom stereocenters. The van der Waals surface area contributed by atoms with Gasteiger partial charge in [-0.2, -0.15) is 0 Å². The number of hydrogen-bond donors (Lipinski definition) is 2. The van der Waals surface area contributed by atoms with Crippen LogP contribution >= 0.6 is 11.3 Å². The van der Waals surface area contributed by atoms with Crippen molar-refractivity contribution in [2.75, 3.05) is 23.3 Å². The Morgan fingerprint density at radius 2 is 2.22 bits per heavy atom. The highest BCUT2D eigenvalue weighted by Gasteiger charge is 2.20. The van der Waals surface area contributed by atoms with E-state index in [-0.39, 0.29) is 17.9 Å². The summed E-state index contributed by atoms with van der Waals surface area (Å²) in [5.74, 6) is -0.246. The number of rotatable bonds is 4. The molecule has 6 heteroatoms. The van der Waals surface area contributed by atoms with Gasteiger partial charge in [-0.3, -0.25) is 9.69 Å². The van der Waals surface area contributed by atoms with Crippen molar-refractivity contribution in [2.45, 2.75) is 19.3 Å². The smallest absolute Gasteiger partial charge is 0.321 e. The van der Waals surface area contributed by atoms with Crippen molar-refractivity contribution in [1.82, 2.24) is 5.32 Å². The van der Waals surface area contributed by atoms with Crippen molar-refractivity contribution in [3.05, 3.63) is 46.7 Å². The summed E-state index contributed by atoms with van der Waals surface area (Å²) in [6.07, 6.45) is 0.914. The maximum Gasteiger partial charge on any atom is 0.321 e. The van der Waals surface area contributed by atoms with E-state index in [0.29, 0.717) is 18.8 Å². The molecular weight excluding hydrogens is 310 g/mol. The van der Waals surface area contributed by atoms with E-state index in [1.165, 1.54) is 0 Å². The summed E-state index contributed by atoms with van der Waals surface area (Å²) in [7, 11) is 0. The molecule has 23 heavy (non-hydrogen) atoms. The number of nitrogens with zero attached hydrogens (tertiary/aromatic N) is 1. The quantitative estimate of drug-likeness (QED) is 0.903. The first-order chi connectivity index (χ1) is 11.1. The van der Waals surface area contributed by atoms with E-state index in [2.05, 4.69) is 10.6 Å². The van der Waals surface area contributed by atoms with Crippen LogP contribution in [0, 0.1) is 0 Å². The highest BCUT2D eigenvalue weighted by atomic mass is 32.1. The Morgan fingerprint density at radius 3 is 2.96 bits per heavy atom. The molecule has 0 saturated carbocycles. The molecule has 3 amide bonds. The normalized spacial score (nSPS) is 15.9. The Bertz CT molecular complexity index is 700. The van der Waals surface area contributed by atoms with Crippen molar-refractivity contribution in [1.29, 1.82) is 0 Å². The van der Waals surface area contributed by atoms with Gasteiger partial charge in [0.1, 0.15) is 0 Å².